The van der Waals surface area contributed by atoms with E-state index in [0.717, 1.165) is 18.5 Å². The van der Waals surface area contributed by atoms with Crippen molar-refractivity contribution in [3.8, 4) is 29.1 Å². The number of benzene rings is 1. The maximum atomic E-state index is 13.6. The largest absolute Gasteiger partial charge is 0.493 e. The molecular weight excluding hydrogens is 386 g/mol. The molecule has 0 radical (unpaired) electrons. The van der Waals surface area contributed by atoms with E-state index < -0.39 is 5.92 Å². The number of aromatic nitrogens is 1. The lowest BCUT2D eigenvalue weighted by molar-refractivity contribution is 0.321. The number of ether oxygens (including phenoxy) is 4. The average Bonchev–Trinajstić information content (AvgIpc) is 3.56. The van der Waals surface area contributed by atoms with E-state index in [1.807, 2.05) is 6.92 Å². The van der Waals surface area contributed by atoms with Gasteiger partial charge in [-0.3, -0.25) is 4.79 Å². The van der Waals surface area contributed by atoms with Gasteiger partial charge in [-0.15, -0.1) is 0 Å². The summed E-state index contributed by atoms with van der Waals surface area (Å²) >= 11 is 0. The highest BCUT2D eigenvalue weighted by Crippen LogP contribution is 2.49. The van der Waals surface area contributed by atoms with Crippen LogP contribution in [0.5, 0.6) is 23.0 Å². The summed E-state index contributed by atoms with van der Waals surface area (Å²) in [5.74, 6) is 0.776. The Kier molecular flexibility index (Phi) is 4.82. The highest BCUT2D eigenvalue weighted by molar-refractivity contribution is 5.64. The van der Waals surface area contributed by atoms with E-state index in [1.165, 1.54) is 21.3 Å². The molecule has 0 amide bonds. The first-order valence-electron chi connectivity index (χ1n) is 9.59. The summed E-state index contributed by atoms with van der Waals surface area (Å²) in [4.78, 5) is 13.6. The molecule has 1 saturated carbocycles. The van der Waals surface area contributed by atoms with Crippen LogP contribution in [0.25, 0.3) is 0 Å². The average molecular weight is 409 g/mol. The molecule has 1 aliphatic heterocycles. The summed E-state index contributed by atoms with van der Waals surface area (Å²) < 4.78 is 24.0. The van der Waals surface area contributed by atoms with Crippen molar-refractivity contribution in [3.05, 3.63) is 56.8 Å². The number of pyridine rings is 1. The van der Waals surface area contributed by atoms with Gasteiger partial charge < -0.3 is 29.2 Å². The molecule has 2 heterocycles. The van der Waals surface area contributed by atoms with E-state index in [9.17, 15) is 10.1 Å². The second-order valence-electron chi connectivity index (χ2n) is 7.32. The Morgan fingerprint density at radius 1 is 1.17 bits per heavy atom. The molecule has 0 unspecified atom stereocenters. The summed E-state index contributed by atoms with van der Waals surface area (Å²) in [6, 6.07) is 7.56. The number of methoxy groups -OCH3 is 3. The van der Waals surface area contributed by atoms with Gasteiger partial charge >= 0.3 is 0 Å². The van der Waals surface area contributed by atoms with E-state index >= 15 is 0 Å². The quantitative estimate of drug-likeness (QED) is 0.809. The molecule has 0 saturated heterocycles. The van der Waals surface area contributed by atoms with Crippen LogP contribution in [0.4, 0.5) is 0 Å². The molecule has 1 aromatic heterocycles. The molecule has 2 N–H and O–H groups in total. The van der Waals surface area contributed by atoms with Gasteiger partial charge in [0, 0.05) is 23.4 Å². The predicted octanol–water partition coefficient (Wildman–Crippen LogP) is 2.74. The Hall–Kier alpha value is -3.60. The Balaban J connectivity index is 2.05. The third-order valence-corrected chi connectivity index (χ3v) is 5.58. The van der Waals surface area contributed by atoms with E-state index in [0.29, 0.717) is 34.1 Å². The second kappa shape index (κ2) is 7.34. The molecule has 8 heteroatoms. The highest BCUT2D eigenvalue weighted by Gasteiger charge is 2.38. The molecule has 0 spiro atoms. The first kappa shape index (κ1) is 19.7. The monoisotopic (exact) mass is 409 g/mol. The molecule has 8 nitrogen and oxygen atoms in total. The summed E-state index contributed by atoms with van der Waals surface area (Å²) in [6.07, 6.45) is 1.90. The Bertz CT molecular complexity index is 1150. The predicted molar refractivity (Wildman–Crippen MR) is 109 cm³/mol. The number of allylic oxidation sites excluding steroid dienone is 1. The highest BCUT2D eigenvalue weighted by atomic mass is 16.5. The van der Waals surface area contributed by atoms with E-state index in [1.54, 1.807) is 22.8 Å². The fourth-order valence-electron chi connectivity index (χ4n) is 4.11. The lowest BCUT2D eigenvalue weighted by Crippen LogP contribution is -2.32. The van der Waals surface area contributed by atoms with Crippen molar-refractivity contribution in [2.45, 2.75) is 31.7 Å². The van der Waals surface area contributed by atoms with Gasteiger partial charge in [0.1, 0.15) is 17.4 Å². The van der Waals surface area contributed by atoms with Gasteiger partial charge in [0.25, 0.3) is 5.56 Å². The van der Waals surface area contributed by atoms with Crippen LogP contribution in [-0.2, 0) is 0 Å². The zero-order chi connectivity index (χ0) is 21.6. The van der Waals surface area contributed by atoms with Crippen LogP contribution in [0.3, 0.4) is 0 Å². The summed E-state index contributed by atoms with van der Waals surface area (Å²) in [6.45, 7) is 1.87. The molecule has 4 rings (SSSR count). The molecule has 1 atom stereocenters. The second-order valence-corrected chi connectivity index (χ2v) is 7.32. The minimum Gasteiger partial charge on any atom is -0.493 e. The minimum absolute atomic E-state index is 0.0326. The van der Waals surface area contributed by atoms with Crippen molar-refractivity contribution < 1.29 is 18.9 Å². The SMILES string of the molecule is COc1ccc([C@H]2C(C#N)=C(N)Oc3cc(C)n(C4CC4)c(=O)c32)c(OC)c1OC. The van der Waals surface area contributed by atoms with Gasteiger partial charge in [-0.1, -0.05) is 6.07 Å². The molecule has 1 fully saturated rings. The number of rotatable bonds is 5. The van der Waals surface area contributed by atoms with Gasteiger partial charge in [0.2, 0.25) is 11.6 Å². The maximum absolute atomic E-state index is 13.6. The smallest absolute Gasteiger partial charge is 0.258 e. The van der Waals surface area contributed by atoms with Crippen LogP contribution in [-0.4, -0.2) is 25.9 Å². The molecule has 156 valence electrons. The van der Waals surface area contributed by atoms with Gasteiger partial charge in [-0.05, 0) is 25.8 Å². The van der Waals surface area contributed by atoms with Crippen LogP contribution >= 0.6 is 0 Å². The van der Waals surface area contributed by atoms with Gasteiger partial charge in [-0.2, -0.15) is 5.26 Å². The van der Waals surface area contributed by atoms with Crippen LogP contribution in [0, 0.1) is 18.3 Å². The van der Waals surface area contributed by atoms with Crippen LogP contribution in [0.1, 0.15) is 41.6 Å². The molecule has 1 aliphatic carbocycles. The van der Waals surface area contributed by atoms with Crippen molar-refractivity contribution in [1.29, 1.82) is 5.26 Å². The van der Waals surface area contributed by atoms with E-state index in [2.05, 4.69) is 6.07 Å². The number of nitrogens with two attached hydrogens (primary N) is 1. The van der Waals surface area contributed by atoms with E-state index in [-0.39, 0.29) is 23.1 Å². The lowest BCUT2D eigenvalue weighted by Gasteiger charge is -2.29. The summed E-state index contributed by atoms with van der Waals surface area (Å²) in [7, 11) is 4.52. The van der Waals surface area contributed by atoms with Crippen molar-refractivity contribution in [2.24, 2.45) is 5.73 Å². The summed E-state index contributed by atoms with van der Waals surface area (Å²) in [5.41, 5.74) is 7.79. The Morgan fingerprint density at radius 3 is 2.43 bits per heavy atom. The number of nitrogens with zero attached hydrogens (tertiary/aromatic N) is 2. The normalized spacial score (nSPS) is 17.6. The molecule has 30 heavy (non-hydrogen) atoms. The molecular formula is C22H23N3O5. The fourth-order valence-corrected chi connectivity index (χ4v) is 4.11. The molecule has 2 aliphatic rings. The Labute approximate surface area is 174 Å². The molecule has 2 aromatic rings. The molecule has 1 aromatic carbocycles. The number of nitriles is 1. The minimum atomic E-state index is -0.758. The summed E-state index contributed by atoms with van der Waals surface area (Å²) in [5, 5.41) is 9.87. The lowest BCUT2D eigenvalue weighted by atomic mass is 9.83. The zero-order valence-electron chi connectivity index (χ0n) is 17.3. The van der Waals surface area contributed by atoms with Crippen molar-refractivity contribution in [2.75, 3.05) is 21.3 Å². The number of fused-ring (bicyclic) bond motifs is 1. The van der Waals surface area contributed by atoms with E-state index in [4.69, 9.17) is 24.7 Å². The van der Waals surface area contributed by atoms with Crippen molar-refractivity contribution in [3.63, 3.8) is 0 Å². The number of hydrogen-bond donors (Lipinski definition) is 1. The zero-order valence-corrected chi connectivity index (χ0v) is 17.3. The third kappa shape index (κ3) is 2.86. The van der Waals surface area contributed by atoms with Crippen LogP contribution in [0.15, 0.2) is 34.4 Å². The Morgan fingerprint density at radius 2 is 1.87 bits per heavy atom. The van der Waals surface area contributed by atoms with Crippen LogP contribution in [0.2, 0.25) is 0 Å². The molecule has 0 bridgehead atoms. The van der Waals surface area contributed by atoms with Crippen molar-refractivity contribution >= 4 is 0 Å². The van der Waals surface area contributed by atoms with Crippen molar-refractivity contribution in [1.82, 2.24) is 4.57 Å². The third-order valence-electron chi connectivity index (χ3n) is 5.58. The van der Waals surface area contributed by atoms with Crippen LogP contribution < -0.4 is 30.2 Å². The van der Waals surface area contributed by atoms with Gasteiger partial charge in [0.15, 0.2) is 11.5 Å². The van der Waals surface area contributed by atoms with Gasteiger partial charge in [0.05, 0.1) is 32.8 Å². The first-order valence-corrected chi connectivity index (χ1v) is 9.59. The maximum Gasteiger partial charge on any atom is 0.258 e. The number of hydrogen-bond acceptors (Lipinski definition) is 7. The first-order chi connectivity index (χ1) is 14.5. The van der Waals surface area contributed by atoms with Gasteiger partial charge in [-0.25, -0.2) is 0 Å². The topological polar surface area (TPSA) is 109 Å². The number of aryl methyl sites for hydroxylation is 1. The fraction of sp³-hybridized carbons (Fsp3) is 0.364. The standard InChI is InChI=1S/C22H23N3O5/c1-11-9-16-18(22(26)25(11)12-5-6-12)17(14(10-23)21(24)30-16)13-7-8-15(27-2)20(29-4)19(13)28-3/h7-9,12,17H,5-6,24H2,1-4H3/t17-/m0/s1.